The van der Waals surface area contributed by atoms with E-state index in [2.05, 4.69) is 0 Å². The first-order valence-electron chi connectivity index (χ1n) is 4.65. The van der Waals surface area contributed by atoms with Crippen molar-refractivity contribution in [2.75, 3.05) is 6.54 Å². The molecule has 0 radical (unpaired) electrons. The number of carboxylic acid groups (broad SMARTS) is 1. The summed E-state index contributed by atoms with van der Waals surface area (Å²) in [7, 11) is 0. The van der Waals surface area contributed by atoms with Crippen LogP contribution in [0.4, 0.5) is 0 Å². The summed E-state index contributed by atoms with van der Waals surface area (Å²) in [6.45, 7) is 0.294. The lowest BCUT2D eigenvalue weighted by molar-refractivity contribution is -0.149. The Morgan fingerprint density at radius 2 is 1.75 bits per heavy atom. The number of carbonyl (C=O) groups is 1. The van der Waals surface area contributed by atoms with Gasteiger partial charge in [-0.15, -0.1) is 0 Å². The number of rotatable bonds is 2. The normalized spacial score (nSPS) is 23.1. The third-order valence-corrected chi connectivity index (χ3v) is 2.91. The molecule has 0 spiro atoms. The third kappa shape index (κ3) is 1.78. The average Bonchev–Trinajstić information content (AvgIpc) is 2.29. The van der Waals surface area contributed by atoms with Gasteiger partial charge in [0.05, 0.1) is 5.41 Å². The first-order chi connectivity index (χ1) is 5.71. The Kier molecular flexibility index (Phi) is 3.09. The van der Waals surface area contributed by atoms with E-state index < -0.39 is 11.4 Å². The van der Waals surface area contributed by atoms with E-state index in [9.17, 15) is 4.79 Å². The molecule has 3 N–H and O–H groups in total. The second kappa shape index (κ2) is 3.90. The monoisotopic (exact) mass is 171 g/mol. The molecule has 0 amide bonds. The van der Waals surface area contributed by atoms with Crippen molar-refractivity contribution in [2.24, 2.45) is 11.1 Å². The molecule has 3 heteroatoms. The zero-order valence-corrected chi connectivity index (χ0v) is 7.38. The standard InChI is InChI=1S/C9H17NO2/c10-7-9(8(11)12)5-3-1-2-4-6-9/h1-7,10H2,(H,11,12). The minimum absolute atomic E-state index is 0.294. The molecule has 1 aliphatic rings. The smallest absolute Gasteiger partial charge is 0.310 e. The number of hydrogen-bond donors (Lipinski definition) is 2. The zero-order valence-electron chi connectivity index (χ0n) is 7.38. The average molecular weight is 171 g/mol. The van der Waals surface area contributed by atoms with E-state index in [1.165, 1.54) is 0 Å². The molecule has 1 saturated carbocycles. The summed E-state index contributed by atoms with van der Waals surface area (Å²) in [6, 6.07) is 0. The van der Waals surface area contributed by atoms with Crippen LogP contribution in [0.1, 0.15) is 38.5 Å². The molecule has 0 heterocycles. The molecule has 3 nitrogen and oxygen atoms in total. The molecular formula is C9H17NO2. The van der Waals surface area contributed by atoms with Gasteiger partial charge < -0.3 is 10.8 Å². The number of hydrogen-bond acceptors (Lipinski definition) is 2. The van der Waals surface area contributed by atoms with Gasteiger partial charge in [-0.25, -0.2) is 0 Å². The van der Waals surface area contributed by atoms with E-state index in [0.717, 1.165) is 38.5 Å². The van der Waals surface area contributed by atoms with Gasteiger partial charge in [0.2, 0.25) is 0 Å². The second-order valence-corrected chi connectivity index (χ2v) is 3.70. The highest BCUT2D eigenvalue weighted by atomic mass is 16.4. The van der Waals surface area contributed by atoms with E-state index in [4.69, 9.17) is 10.8 Å². The lowest BCUT2D eigenvalue weighted by atomic mass is 9.81. The van der Waals surface area contributed by atoms with Crippen molar-refractivity contribution in [3.63, 3.8) is 0 Å². The maximum Gasteiger partial charge on any atom is 0.310 e. The Labute approximate surface area is 72.9 Å². The molecule has 1 aliphatic carbocycles. The number of nitrogens with two attached hydrogens (primary N) is 1. The highest BCUT2D eigenvalue weighted by molar-refractivity contribution is 5.74. The van der Waals surface area contributed by atoms with Crippen molar-refractivity contribution < 1.29 is 9.90 Å². The van der Waals surface area contributed by atoms with Crippen LogP contribution in [0, 0.1) is 5.41 Å². The number of carboxylic acids is 1. The summed E-state index contributed by atoms with van der Waals surface area (Å²) < 4.78 is 0. The molecule has 0 aliphatic heterocycles. The molecule has 0 aromatic rings. The predicted octanol–water partition coefficient (Wildman–Crippen LogP) is 1.37. The van der Waals surface area contributed by atoms with Crippen LogP contribution >= 0.6 is 0 Å². The van der Waals surface area contributed by atoms with Gasteiger partial charge in [0.1, 0.15) is 0 Å². The van der Waals surface area contributed by atoms with Crippen molar-refractivity contribution in [1.82, 2.24) is 0 Å². The summed E-state index contributed by atoms with van der Waals surface area (Å²) in [5.41, 5.74) is 4.93. The Morgan fingerprint density at radius 3 is 2.08 bits per heavy atom. The van der Waals surface area contributed by atoms with E-state index in [0.29, 0.717) is 6.54 Å². The Hall–Kier alpha value is -0.570. The van der Waals surface area contributed by atoms with Crippen LogP contribution in [0.15, 0.2) is 0 Å². The molecule has 0 aromatic carbocycles. The van der Waals surface area contributed by atoms with E-state index in [1.54, 1.807) is 0 Å². The molecule has 0 aromatic heterocycles. The molecule has 0 atom stereocenters. The van der Waals surface area contributed by atoms with Crippen LogP contribution in [-0.2, 0) is 4.79 Å². The Morgan fingerprint density at radius 1 is 1.25 bits per heavy atom. The summed E-state index contributed by atoms with van der Waals surface area (Å²) >= 11 is 0. The Balaban J connectivity index is 2.68. The van der Waals surface area contributed by atoms with Crippen molar-refractivity contribution in [2.45, 2.75) is 38.5 Å². The molecule has 0 saturated heterocycles. The van der Waals surface area contributed by atoms with Crippen molar-refractivity contribution in [3.05, 3.63) is 0 Å². The largest absolute Gasteiger partial charge is 0.481 e. The van der Waals surface area contributed by atoms with E-state index in [1.807, 2.05) is 0 Å². The van der Waals surface area contributed by atoms with Crippen LogP contribution in [-0.4, -0.2) is 17.6 Å². The third-order valence-electron chi connectivity index (χ3n) is 2.91. The molecule has 1 rings (SSSR count). The molecule has 1 fully saturated rings. The summed E-state index contributed by atoms with van der Waals surface area (Å²) in [5.74, 6) is -0.702. The second-order valence-electron chi connectivity index (χ2n) is 3.70. The minimum atomic E-state index is -0.702. The van der Waals surface area contributed by atoms with Crippen molar-refractivity contribution in [3.8, 4) is 0 Å². The topological polar surface area (TPSA) is 63.3 Å². The molecule has 70 valence electrons. The number of aliphatic carboxylic acids is 1. The van der Waals surface area contributed by atoms with Gasteiger partial charge in [0.15, 0.2) is 0 Å². The summed E-state index contributed by atoms with van der Waals surface area (Å²) in [5, 5.41) is 9.03. The van der Waals surface area contributed by atoms with Gasteiger partial charge in [-0.05, 0) is 12.8 Å². The van der Waals surface area contributed by atoms with E-state index in [-0.39, 0.29) is 0 Å². The molecule has 0 unspecified atom stereocenters. The molecule has 0 bridgehead atoms. The maximum absolute atomic E-state index is 11.0. The predicted molar refractivity (Wildman–Crippen MR) is 46.8 cm³/mol. The van der Waals surface area contributed by atoms with Gasteiger partial charge in [0.25, 0.3) is 0 Å². The van der Waals surface area contributed by atoms with Crippen LogP contribution < -0.4 is 5.73 Å². The fourth-order valence-corrected chi connectivity index (χ4v) is 1.91. The van der Waals surface area contributed by atoms with Gasteiger partial charge in [-0.2, -0.15) is 0 Å². The van der Waals surface area contributed by atoms with Crippen LogP contribution in [0.2, 0.25) is 0 Å². The summed E-state index contributed by atoms with van der Waals surface area (Å²) in [4.78, 5) is 11.0. The lowest BCUT2D eigenvalue weighted by Gasteiger charge is -2.25. The quantitative estimate of drug-likeness (QED) is 0.617. The first kappa shape index (κ1) is 9.52. The van der Waals surface area contributed by atoms with Gasteiger partial charge in [-0.3, -0.25) is 4.79 Å². The first-order valence-corrected chi connectivity index (χ1v) is 4.65. The molecule has 12 heavy (non-hydrogen) atoms. The minimum Gasteiger partial charge on any atom is -0.481 e. The highest BCUT2D eigenvalue weighted by Gasteiger charge is 2.36. The van der Waals surface area contributed by atoms with Crippen LogP contribution in [0.3, 0.4) is 0 Å². The zero-order chi connectivity index (χ0) is 9.03. The highest BCUT2D eigenvalue weighted by Crippen LogP contribution is 2.34. The lowest BCUT2D eigenvalue weighted by Crippen LogP contribution is -2.38. The Bertz CT molecular complexity index is 160. The SMILES string of the molecule is NCC1(C(=O)O)CCCCCC1. The van der Waals surface area contributed by atoms with Crippen LogP contribution in [0.25, 0.3) is 0 Å². The summed E-state index contributed by atoms with van der Waals surface area (Å²) in [6.07, 6.45) is 5.88. The van der Waals surface area contributed by atoms with E-state index >= 15 is 0 Å². The van der Waals surface area contributed by atoms with Gasteiger partial charge in [-0.1, -0.05) is 25.7 Å². The van der Waals surface area contributed by atoms with Crippen LogP contribution in [0.5, 0.6) is 0 Å². The van der Waals surface area contributed by atoms with Crippen molar-refractivity contribution >= 4 is 5.97 Å². The van der Waals surface area contributed by atoms with Crippen molar-refractivity contribution in [1.29, 1.82) is 0 Å². The fourth-order valence-electron chi connectivity index (χ4n) is 1.91. The maximum atomic E-state index is 11.0. The van der Waals surface area contributed by atoms with Gasteiger partial charge >= 0.3 is 5.97 Å². The molecular weight excluding hydrogens is 154 g/mol. The van der Waals surface area contributed by atoms with Gasteiger partial charge in [0, 0.05) is 6.54 Å². The fraction of sp³-hybridized carbons (Fsp3) is 0.889.